The highest BCUT2D eigenvalue weighted by atomic mass is 19.4. The lowest BCUT2D eigenvalue weighted by atomic mass is 9.97. The van der Waals surface area contributed by atoms with Crippen LogP contribution in [0, 0.1) is 0 Å². The number of halogens is 11. The molecule has 0 rings (SSSR count). The van der Waals surface area contributed by atoms with Crippen molar-refractivity contribution in [2.24, 2.45) is 10.8 Å². The molecule has 22 heavy (non-hydrogen) atoms. The predicted molar refractivity (Wildman–Crippen MR) is 51.2 cm³/mol. The van der Waals surface area contributed by atoms with E-state index < -0.39 is 35.7 Å². The molecule has 0 bridgehead atoms. The van der Waals surface area contributed by atoms with Crippen molar-refractivity contribution in [3.8, 4) is 0 Å². The number of hydrazone groups is 1. The Morgan fingerprint density at radius 3 is 1.36 bits per heavy atom. The standard InChI is InChI=1S/C8H8F11N3/c1-22(2)21-3(20)4(9,10)5(11,12)6(13,14)7(15,16)8(17,18)19/h1-2H3,(H2,20,21). The highest BCUT2D eigenvalue weighted by molar-refractivity contribution is 5.88. The van der Waals surface area contributed by atoms with Gasteiger partial charge in [-0.25, -0.2) is 0 Å². The van der Waals surface area contributed by atoms with Crippen LogP contribution in [0.2, 0.25) is 0 Å². The summed E-state index contributed by atoms with van der Waals surface area (Å²) in [6, 6.07) is 0. The summed E-state index contributed by atoms with van der Waals surface area (Å²) in [6.45, 7) is 0. The SMILES string of the molecule is CN(C)N=C(N)C(F)(F)C(F)(F)C(F)(F)C(F)(F)C(F)(F)F. The van der Waals surface area contributed by atoms with Crippen molar-refractivity contribution in [3.63, 3.8) is 0 Å². The second kappa shape index (κ2) is 5.30. The number of rotatable bonds is 5. The van der Waals surface area contributed by atoms with Crippen molar-refractivity contribution in [2.75, 3.05) is 14.1 Å². The van der Waals surface area contributed by atoms with Crippen LogP contribution in [0.1, 0.15) is 0 Å². The fourth-order valence-corrected chi connectivity index (χ4v) is 1.01. The third kappa shape index (κ3) is 2.86. The van der Waals surface area contributed by atoms with Gasteiger partial charge in [0.2, 0.25) is 0 Å². The molecule has 0 aliphatic carbocycles. The van der Waals surface area contributed by atoms with Crippen molar-refractivity contribution >= 4 is 5.84 Å². The highest BCUT2D eigenvalue weighted by Gasteiger charge is 2.87. The van der Waals surface area contributed by atoms with Gasteiger partial charge in [-0.05, 0) is 0 Å². The number of amidine groups is 1. The first-order valence-corrected chi connectivity index (χ1v) is 4.94. The van der Waals surface area contributed by atoms with E-state index in [-0.39, 0.29) is 0 Å². The summed E-state index contributed by atoms with van der Waals surface area (Å²) in [7, 11) is 1.65. The van der Waals surface area contributed by atoms with Crippen molar-refractivity contribution in [2.45, 2.75) is 29.9 Å². The van der Waals surface area contributed by atoms with Crippen molar-refractivity contribution in [1.29, 1.82) is 0 Å². The molecule has 14 heteroatoms. The fourth-order valence-electron chi connectivity index (χ4n) is 1.01. The molecule has 0 radical (unpaired) electrons. The van der Waals surface area contributed by atoms with Crippen molar-refractivity contribution in [3.05, 3.63) is 0 Å². The first-order chi connectivity index (χ1) is 9.34. The van der Waals surface area contributed by atoms with E-state index in [2.05, 4.69) is 10.8 Å². The molecule has 0 atom stereocenters. The van der Waals surface area contributed by atoms with Gasteiger partial charge in [-0.15, -0.1) is 0 Å². The van der Waals surface area contributed by atoms with Crippen LogP contribution >= 0.6 is 0 Å². The smallest absolute Gasteiger partial charge is 0.380 e. The molecule has 0 fully saturated rings. The Labute approximate surface area is 115 Å². The number of nitrogens with zero attached hydrogens (tertiary/aromatic N) is 2. The number of hydrogen-bond donors (Lipinski definition) is 1. The van der Waals surface area contributed by atoms with E-state index in [1.165, 1.54) is 0 Å². The van der Waals surface area contributed by atoms with Gasteiger partial charge in [0.05, 0.1) is 0 Å². The molecule has 0 amide bonds. The van der Waals surface area contributed by atoms with E-state index in [0.717, 1.165) is 14.1 Å². The Morgan fingerprint density at radius 1 is 0.727 bits per heavy atom. The molecule has 0 spiro atoms. The molecule has 0 heterocycles. The van der Waals surface area contributed by atoms with Gasteiger partial charge in [0, 0.05) is 14.1 Å². The second-order valence-electron chi connectivity index (χ2n) is 4.13. The summed E-state index contributed by atoms with van der Waals surface area (Å²) in [6.07, 6.45) is -7.20. The molecular formula is C8H8F11N3. The summed E-state index contributed by atoms with van der Waals surface area (Å²) >= 11 is 0. The highest BCUT2D eigenvalue weighted by Crippen LogP contribution is 2.57. The summed E-state index contributed by atoms with van der Waals surface area (Å²) in [4.78, 5) is 0. The molecule has 0 aliphatic heterocycles. The Balaban J connectivity index is 6.11. The molecule has 3 nitrogen and oxygen atoms in total. The zero-order valence-electron chi connectivity index (χ0n) is 10.6. The van der Waals surface area contributed by atoms with E-state index in [9.17, 15) is 48.3 Å². The van der Waals surface area contributed by atoms with Crippen LogP contribution < -0.4 is 5.73 Å². The minimum atomic E-state index is -7.49. The monoisotopic (exact) mass is 355 g/mol. The van der Waals surface area contributed by atoms with Gasteiger partial charge >= 0.3 is 29.9 Å². The minimum Gasteiger partial charge on any atom is -0.380 e. The molecule has 0 unspecified atom stereocenters. The molecule has 0 aliphatic rings. The van der Waals surface area contributed by atoms with Gasteiger partial charge in [0.15, 0.2) is 5.84 Å². The van der Waals surface area contributed by atoms with Gasteiger partial charge in [0.25, 0.3) is 0 Å². The molecule has 132 valence electrons. The van der Waals surface area contributed by atoms with E-state index in [4.69, 9.17) is 0 Å². The first-order valence-electron chi connectivity index (χ1n) is 4.94. The van der Waals surface area contributed by atoms with Gasteiger partial charge in [-0.2, -0.15) is 53.4 Å². The molecule has 2 N–H and O–H groups in total. The van der Waals surface area contributed by atoms with Crippen LogP contribution in [0.3, 0.4) is 0 Å². The largest absolute Gasteiger partial charge is 0.460 e. The van der Waals surface area contributed by atoms with E-state index >= 15 is 0 Å². The number of alkyl halides is 11. The average molecular weight is 355 g/mol. The molecule has 0 aromatic heterocycles. The molecule has 0 aromatic carbocycles. The zero-order valence-corrected chi connectivity index (χ0v) is 10.6. The average Bonchev–Trinajstić information content (AvgIpc) is 2.25. The molecule has 0 aromatic rings. The number of nitrogens with two attached hydrogens (primary N) is 1. The summed E-state index contributed by atoms with van der Waals surface area (Å²) in [5.74, 6) is -31.0. The molecular weight excluding hydrogens is 347 g/mol. The van der Waals surface area contributed by atoms with Crippen LogP contribution in [0.15, 0.2) is 5.10 Å². The minimum absolute atomic E-state index is 0.319. The first kappa shape index (κ1) is 20.5. The van der Waals surface area contributed by atoms with Gasteiger partial charge in [-0.1, -0.05) is 0 Å². The zero-order chi connectivity index (χ0) is 18.4. The predicted octanol–water partition coefficient (Wildman–Crippen LogP) is 2.92. The van der Waals surface area contributed by atoms with Gasteiger partial charge in [-0.3, -0.25) is 0 Å². The summed E-state index contributed by atoms with van der Waals surface area (Å²) in [5.41, 5.74) is 4.31. The Morgan fingerprint density at radius 2 is 1.09 bits per heavy atom. The van der Waals surface area contributed by atoms with Crippen LogP contribution in [0.25, 0.3) is 0 Å². The van der Waals surface area contributed by atoms with Gasteiger partial charge < -0.3 is 10.7 Å². The second-order valence-corrected chi connectivity index (χ2v) is 4.13. The Kier molecular flexibility index (Phi) is 4.93. The van der Waals surface area contributed by atoms with Crippen molar-refractivity contribution in [1.82, 2.24) is 5.01 Å². The maximum atomic E-state index is 13.2. The van der Waals surface area contributed by atoms with Crippen LogP contribution in [0.5, 0.6) is 0 Å². The van der Waals surface area contributed by atoms with Gasteiger partial charge in [0.1, 0.15) is 0 Å². The van der Waals surface area contributed by atoms with E-state index in [1.54, 1.807) is 0 Å². The normalized spacial score (nSPS) is 16.0. The van der Waals surface area contributed by atoms with Crippen LogP contribution in [-0.4, -0.2) is 54.8 Å². The van der Waals surface area contributed by atoms with Crippen LogP contribution in [0.4, 0.5) is 48.3 Å². The van der Waals surface area contributed by atoms with Crippen LogP contribution in [-0.2, 0) is 0 Å². The molecule has 0 saturated carbocycles. The summed E-state index contributed by atoms with van der Waals surface area (Å²) in [5, 5.41) is 2.73. The summed E-state index contributed by atoms with van der Waals surface area (Å²) < 4.78 is 138. The third-order valence-electron chi connectivity index (χ3n) is 2.17. The maximum absolute atomic E-state index is 13.2. The lowest BCUT2D eigenvalue weighted by Crippen LogP contribution is -2.69. The number of hydrogen-bond acceptors (Lipinski definition) is 2. The maximum Gasteiger partial charge on any atom is 0.460 e. The third-order valence-corrected chi connectivity index (χ3v) is 2.17. The fraction of sp³-hybridized carbons (Fsp3) is 0.875. The van der Waals surface area contributed by atoms with E-state index in [0.29, 0.717) is 5.01 Å². The lowest BCUT2D eigenvalue weighted by molar-refractivity contribution is -0.414. The lowest BCUT2D eigenvalue weighted by Gasteiger charge is -2.36. The topological polar surface area (TPSA) is 41.6 Å². The Hall–Kier alpha value is -1.50. The van der Waals surface area contributed by atoms with Crippen molar-refractivity contribution < 1.29 is 48.3 Å². The van der Waals surface area contributed by atoms with E-state index in [1.807, 2.05) is 0 Å². The Bertz CT molecular complexity index is 437. The quantitative estimate of drug-likeness (QED) is 0.357. The molecule has 0 saturated heterocycles.